The van der Waals surface area contributed by atoms with Gasteiger partial charge in [-0.25, -0.2) is 0 Å². The quantitative estimate of drug-likeness (QED) is 0.820. The number of nitrogens with one attached hydrogen (secondary N) is 2. The Bertz CT molecular complexity index is 902. The van der Waals surface area contributed by atoms with Crippen molar-refractivity contribution in [2.24, 2.45) is 0 Å². The molecule has 2 aromatic carbocycles. The normalized spacial score (nSPS) is 13.3. The van der Waals surface area contributed by atoms with Crippen LogP contribution in [0.3, 0.4) is 0 Å². The lowest BCUT2D eigenvalue weighted by Gasteiger charge is -2.18. The van der Waals surface area contributed by atoms with Crippen molar-refractivity contribution in [1.82, 2.24) is 0 Å². The highest BCUT2D eigenvalue weighted by Crippen LogP contribution is 2.34. The summed E-state index contributed by atoms with van der Waals surface area (Å²) in [7, 11) is 0. The molecule has 2 amide bonds. The van der Waals surface area contributed by atoms with Gasteiger partial charge < -0.3 is 20.1 Å². The predicted octanol–water partition coefficient (Wildman–Crippen LogP) is 3.71. The summed E-state index contributed by atoms with van der Waals surface area (Å²) < 4.78 is 48.7. The van der Waals surface area contributed by atoms with Crippen LogP contribution in [0.5, 0.6) is 11.5 Å². The monoisotopic (exact) mass is 400 g/mol. The molecule has 0 atom stereocenters. The molecule has 6 nitrogen and oxygen atoms in total. The third-order valence-corrected chi connectivity index (χ3v) is 3.85. The van der Waals surface area contributed by atoms with Crippen LogP contribution in [0.4, 0.5) is 24.5 Å². The fraction of sp³-hybridized carbons (Fsp3) is 0.176. The molecule has 27 heavy (non-hydrogen) atoms. The van der Waals surface area contributed by atoms with Gasteiger partial charge in [0, 0.05) is 6.07 Å². The topological polar surface area (TPSA) is 76.7 Å². The number of hydrogen-bond acceptors (Lipinski definition) is 4. The Morgan fingerprint density at radius 1 is 1.26 bits per heavy atom. The number of rotatable bonds is 4. The highest BCUT2D eigenvalue weighted by atomic mass is 35.5. The predicted molar refractivity (Wildman–Crippen MR) is 91.1 cm³/mol. The summed E-state index contributed by atoms with van der Waals surface area (Å²) in [6.45, 7) is -0.562. The summed E-state index contributed by atoms with van der Waals surface area (Å²) in [5.74, 6) is -0.294. The molecule has 142 valence electrons. The molecule has 0 aromatic heterocycles. The van der Waals surface area contributed by atoms with E-state index in [1.165, 1.54) is 12.1 Å². The number of alkyl halides is 3. The first kappa shape index (κ1) is 18.8. The minimum absolute atomic E-state index is 0.0370. The number of carbonyl (C=O) groups is 2. The van der Waals surface area contributed by atoms with Crippen molar-refractivity contribution in [1.29, 1.82) is 0 Å². The molecule has 0 saturated carbocycles. The van der Waals surface area contributed by atoms with Crippen molar-refractivity contribution in [3.63, 3.8) is 0 Å². The molecular weight excluding hydrogens is 389 g/mol. The van der Waals surface area contributed by atoms with Crippen LogP contribution in [-0.2, 0) is 15.8 Å². The van der Waals surface area contributed by atoms with Gasteiger partial charge in [-0.1, -0.05) is 11.6 Å². The molecule has 1 heterocycles. The van der Waals surface area contributed by atoms with Gasteiger partial charge in [0.25, 0.3) is 11.8 Å². The number of benzene rings is 2. The molecule has 2 aromatic rings. The Morgan fingerprint density at radius 2 is 2.04 bits per heavy atom. The molecule has 0 unspecified atom stereocenters. The van der Waals surface area contributed by atoms with E-state index in [4.69, 9.17) is 21.1 Å². The SMILES string of the molecule is O=C(COc1ccc2c(c1)NC(=O)CO2)Nc1cc(C(F)(F)F)ccc1Cl. The maximum Gasteiger partial charge on any atom is 0.416 e. The Labute approximate surface area is 156 Å². The van der Waals surface area contributed by atoms with E-state index in [1.54, 1.807) is 6.07 Å². The number of ether oxygens (including phenoxy) is 2. The van der Waals surface area contributed by atoms with Crippen LogP contribution in [0.15, 0.2) is 36.4 Å². The molecule has 1 aliphatic rings. The van der Waals surface area contributed by atoms with Gasteiger partial charge in [0.2, 0.25) is 0 Å². The maximum atomic E-state index is 12.8. The Kier molecular flexibility index (Phi) is 5.13. The van der Waals surface area contributed by atoms with E-state index in [0.29, 0.717) is 11.4 Å². The second-order valence-corrected chi connectivity index (χ2v) is 5.93. The van der Waals surface area contributed by atoms with Crippen LogP contribution >= 0.6 is 11.6 Å². The summed E-state index contributed by atoms with van der Waals surface area (Å²) in [5, 5.41) is 4.82. The van der Waals surface area contributed by atoms with E-state index in [0.717, 1.165) is 18.2 Å². The van der Waals surface area contributed by atoms with Crippen molar-refractivity contribution in [2.75, 3.05) is 23.8 Å². The summed E-state index contributed by atoms with van der Waals surface area (Å²) in [5.41, 5.74) is -0.718. The van der Waals surface area contributed by atoms with Crippen LogP contribution in [-0.4, -0.2) is 25.0 Å². The number of fused-ring (bicyclic) bond motifs is 1. The number of anilines is 2. The third-order valence-electron chi connectivity index (χ3n) is 3.52. The van der Waals surface area contributed by atoms with E-state index in [2.05, 4.69) is 10.6 Å². The zero-order valence-electron chi connectivity index (χ0n) is 13.5. The van der Waals surface area contributed by atoms with Gasteiger partial charge in [-0.3, -0.25) is 9.59 Å². The first-order valence-corrected chi connectivity index (χ1v) is 7.96. The molecule has 0 spiro atoms. The minimum Gasteiger partial charge on any atom is -0.484 e. The van der Waals surface area contributed by atoms with E-state index < -0.39 is 24.3 Å². The van der Waals surface area contributed by atoms with Gasteiger partial charge in [0.15, 0.2) is 13.2 Å². The van der Waals surface area contributed by atoms with Crippen LogP contribution < -0.4 is 20.1 Å². The lowest BCUT2D eigenvalue weighted by molar-refractivity contribution is -0.137. The van der Waals surface area contributed by atoms with Crippen LogP contribution in [0.1, 0.15) is 5.56 Å². The standard InChI is InChI=1S/C17H12ClF3N2O4/c18-11-3-1-9(17(19,20)21)5-12(11)22-15(24)7-26-10-2-4-14-13(6-10)23-16(25)8-27-14/h1-6H,7-8H2,(H,22,24)(H,23,25). The molecule has 0 saturated heterocycles. The van der Waals surface area contributed by atoms with E-state index in [-0.39, 0.29) is 29.0 Å². The maximum absolute atomic E-state index is 12.8. The number of carbonyl (C=O) groups excluding carboxylic acids is 2. The average molecular weight is 401 g/mol. The highest BCUT2D eigenvalue weighted by molar-refractivity contribution is 6.33. The van der Waals surface area contributed by atoms with Crippen molar-refractivity contribution >= 4 is 34.8 Å². The average Bonchev–Trinajstić information content (AvgIpc) is 2.60. The van der Waals surface area contributed by atoms with E-state index in [9.17, 15) is 22.8 Å². The van der Waals surface area contributed by atoms with Gasteiger partial charge in [0.1, 0.15) is 11.5 Å². The van der Waals surface area contributed by atoms with Crippen LogP contribution in [0, 0.1) is 0 Å². The summed E-state index contributed by atoms with van der Waals surface area (Å²) in [4.78, 5) is 23.3. The largest absolute Gasteiger partial charge is 0.484 e. The van der Waals surface area contributed by atoms with Crippen molar-refractivity contribution < 1.29 is 32.2 Å². The summed E-state index contributed by atoms with van der Waals surface area (Å²) >= 11 is 5.82. The molecule has 0 bridgehead atoms. The first-order chi connectivity index (χ1) is 12.7. The lowest BCUT2D eigenvalue weighted by atomic mass is 10.2. The van der Waals surface area contributed by atoms with Crippen molar-refractivity contribution in [3.05, 3.63) is 47.0 Å². The molecule has 10 heteroatoms. The van der Waals surface area contributed by atoms with E-state index in [1.807, 2.05) is 0 Å². The van der Waals surface area contributed by atoms with Gasteiger partial charge in [0.05, 0.1) is 22.0 Å². The second kappa shape index (κ2) is 7.36. The Hall–Kier alpha value is -2.94. The van der Waals surface area contributed by atoms with Gasteiger partial charge in [-0.05, 0) is 30.3 Å². The summed E-state index contributed by atoms with van der Waals surface area (Å²) in [6, 6.07) is 7.17. The van der Waals surface area contributed by atoms with Gasteiger partial charge in [-0.2, -0.15) is 13.2 Å². The van der Waals surface area contributed by atoms with E-state index >= 15 is 0 Å². The van der Waals surface area contributed by atoms with Gasteiger partial charge in [-0.15, -0.1) is 0 Å². The fourth-order valence-electron chi connectivity index (χ4n) is 2.28. The Morgan fingerprint density at radius 3 is 2.78 bits per heavy atom. The molecule has 2 N–H and O–H groups in total. The molecule has 1 aliphatic heterocycles. The lowest BCUT2D eigenvalue weighted by Crippen LogP contribution is -2.25. The number of hydrogen-bond donors (Lipinski definition) is 2. The van der Waals surface area contributed by atoms with Gasteiger partial charge >= 0.3 is 6.18 Å². The van der Waals surface area contributed by atoms with Crippen LogP contribution in [0.2, 0.25) is 5.02 Å². The third kappa shape index (κ3) is 4.62. The van der Waals surface area contributed by atoms with Crippen LogP contribution in [0.25, 0.3) is 0 Å². The highest BCUT2D eigenvalue weighted by Gasteiger charge is 2.31. The molecule has 0 radical (unpaired) electrons. The molecule has 0 fully saturated rings. The molecule has 3 rings (SSSR count). The molecule has 0 aliphatic carbocycles. The van der Waals surface area contributed by atoms with Crippen molar-refractivity contribution in [2.45, 2.75) is 6.18 Å². The number of amides is 2. The first-order valence-electron chi connectivity index (χ1n) is 7.58. The fourth-order valence-corrected chi connectivity index (χ4v) is 2.45. The molecular formula is C17H12ClF3N2O4. The zero-order valence-corrected chi connectivity index (χ0v) is 14.3. The zero-order chi connectivity index (χ0) is 19.6. The Balaban J connectivity index is 1.64. The number of halogens is 4. The summed E-state index contributed by atoms with van der Waals surface area (Å²) in [6.07, 6.45) is -4.56. The van der Waals surface area contributed by atoms with Crippen molar-refractivity contribution in [3.8, 4) is 11.5 Å². The minimum atomic E-state index is -4.56. The smallest absolute Gasteiger partial charge is 0.416 e. The second-order valence-electron chi connectivity index (χ2n) is 5.52.